The maximum atomic E-state index is 11.2. The Hall–Kier alpha value is -2.27. The van der Waals surface area contributed by atoms with E-state index in [-0.39, 0.29) is 0 Å². The first-order valence-corrected chi connectivity index (χ1v) is 7.15. The standard InChI is InChI=1S/C15H13N3OS/c1-11-5-2-3-7-14(11)18-15(13(10-19)16-17-18)9-12-6-4-8-20-12/h2-8,10H,9H2,1H3. The summed E-state index contributed by atoms with van der Waals surface area (Å²) in [6, 6.07) is 12.0. The highest BCUT2D eigenvalue weighted by molar-refractivity contribution is 7.09. The maximum absolute atomic E-state index is 11.2. The fraction of sp³-hybridized carbons (Fsp3) is 0.133. The van der Waals surface area contributed by atoms with Crippen molar-refractivity contribution in [2.75, 3.05) is 0 Å². The second-order valence-corrected chi connectivity index (χ2v) is 5.53. The molecule has 2 aromatic heterocycles. The van der Waals surface area contributed by atoms with Crippen molar-refractivity contribution in [3.63, 3.8) is 0 Å². The molecule has 4 nitrogen and oxygen atoms in total. The number of hydrogen-bond acceptors (Lipinski definition) is 4. The van der Waals surface area contributed by atoms with Crippen LogP contribution in [0.1, 0.15) is 26.6 Å². The van der Waals surface area contributed by atoms with E-state index in [4.69, 9.17) is 0 Å². The van der Waals surface area contributed by atoms with E-state index in [2.05, 4.69) is 16.4 Å². The van der Waals surface area contributed by atoms with Crippen LogP contribution in [0, 0.1) is 6.92 Å². The lowest BCUT2D eigenvalue weighted by Crippen LogP contribution is -2.05. The molecule has 0 bridgehead atoms. The topological polar surface area (TPSA) is 47.8 Å². The summed E-state index contributed by atoms with van der Waals surface area (Å²) in [4.78, 5) is 12.4. The summed E-state index contributed by atoms with van der Waals surface area (Å²) in [6.45, 7) is 2.02. The third kappa shape index (κ3) is 2.28. The van der Waals surface area contributed by atoms with E-state index >= 15 is 0 Å². The zero-order valence-corrected chi connectivity index (χ0v) is 11.8. The average Bonchev–Trinajstić information content (AvgIpc) is 3.10. The molecule has 0 aliphatic rings. The van der Waals surface area contributed by atoms with Gasteiger partial charge in [0.2, 0.25) is 0 Å². The van der Waals surface area contributed by atoms with Crippen molar-refractivity contribution in [3.05, 3.63) is 63.6 Å². The molecule has 5 heteroatoms. The Balaban J connectivity index is 2.10. The van der Waals surface area contributed by atoms with Gasteiger partial charge in [0.05, 0.1) is 11.4 Å². The number of rotatable bonds is 4. The van der Waals surface area contributed by atoms with E-state index in [1.54, 1.807) is 16.0 Å². The molecule has 0 atom stereocenters. The van der Waals surface area contributed by atoms with E-state index in [9.17, 15) is 4.79 Å². The van der Waals surface area contributed by atoms with Crippen LogP contribution in [0.5, 0.6) is 0 Å². The Morgan fingerprint density at radius 2 is 2.10 bits per heavy atom. The summed E-state index contributed by atoms with van der Waals surface area (Å²) in [5.41, 5.74) is 3.29. The van der Waals surface area contributed by atoms with Crippen LogP contribution in [-0.4, -0.2) is 21.3 Å². The van der Waals surface area contributed by atoms with Crippen LogP contribution in [0.3, 0.4) is 0 Å². The van der Waals surface area contributed by atoms with Gasteiger partial charge in [0.15, 0.2) is 6.29 Å². The van der Waals surface area contributed by atoms with Gasteiger partial charge in [-0.15, -0.1) is 16.4 Å². The quantitative estimate of drug-likeness (QED) is 0.691. The normalized spacial score (nSPS) is 10.7. The van der Waals surface area contributed by atoms with E-state index in [1.165, 1.54) is 4.88 Å². The van der Waals surface area contributed by atoms with Gasteiger partial charge in [0.25, 0.3) is 0 Å². The van der Waals surface area contributed by atoms with Gasteiger partial charge < -0.3 is 0 Å². The lowest BCUT2D eigenvalue weighted by Gasteiger charge is -2.08. The molecule has 0 radical (unpaired) electrons. The third-order valence-electron chi connectivity index (χ3n) is 3.17. The lowest BCUT2D eigenvalue weighted by atomic mass is 10.1. The minimum absolute atomic E-state index is 0.404. The average molecular weight is 283 g/mol. The highest BCUT2D eigenvalue weighted by Gasteiger charge is 2.15. The Bertz CT molecular complexity index is 731. The number of thiophene rings is 1. The number of carbonyl (C=O) groups excluding carboxylic acids is 1. The van der Waals surface area contributed by atoms with Gasteiger partial charge in [-0.1, -0.05) is 29.5 Å². The minimum Gasteiger partial charge on any atom is -0.296 e. The molecule has 0 amide bonds. The Morgan fingerprint density at radius 1 is 1.25 bits per heavy atom. The van der Waals surface area contributed by atoms with Crippen molar-refractivity contribution in [1.82, 2.24) is 15.0 Å². The van der Waals surface area contributed by atoms with Gasteiger partial charge in [-0.05, 0) is 30.0 Å². The first-order valence-electron chi connectivity index (χ1n) is 6.27. The largest absolute Gasteiger partial charge is 0.296 e. The van der Waals surface area contributed by atoms with Gasteiger partial charge in [-0.3, -0.25) is 4.79 Å². The zero-order valence-electron chi connectivity index (χ0n) is 11.0. The Labute approximate surface area is 120 Å². The number of hydrogen-bond donors (Lipinski definition) is 0. The molecular weight excluding hydrogens is 270 g/mol. The minimum atomic E-state index is 0.404. The maximum Gasteiger partial charge on any atom is 0.172 e. The summed E-state index contributed by atoms with van der Waals surface area (Å²) >= 11 is 1.66. The van der Waals surface area contributed by atoms with Crippen molar-refractivity contribution in [2.24, 2.45) is 0 Å². The van der Waals surface area contributed by atoms with Crippen LogP contribution in [0.4, 0.5) is 0 Å². The number of aldehydes is 1. The molecular formula is C15H13N3OS. The van der Waals surface area contributed by atoms with Gasteiger partial charge in [-0.2, -0.15) is 0 Å². The summed E-state index contributed by atoms with van der Waals surface area (Å²) in [6.07, 6.45) is 1.43. The predicted octanol–water partition coefficient (Wildman–Crippen LogP) is 3.04. The van der Waals surface area contributed by atoms with Crippen LogP contribution in [0.25, 0.3) is 5.69 Å². The number of aromatic nitrogens is 3. The molecule has 20 heavy (non-hydrogen) atoms. The van der Waals surface area contributed by atoms with Crippen LogP contribution < -0.4 is 0 Å². The van der Waals surface area contributed by atoms with Crippen molar-refractivity contribution in [2.45, 2.75) is 13.3 Å². The number of aryl methyl sites for hydroxylation is 1. The van der Waals surface area contributed by atoms with Gasteiger partial charge in [-0.25, -0.2) is 4.68 Å². The number of benzene rings is 1. The van der Waals surface area contributed by atoms with Crippen LogP contribution in [-0.2, 0) is 6.42 Å². The highest BCUT2D eigenvalue weighted by Crippen LogP contribution is 2.20. The molecule has 3 rings (SSSR count). The molecule has 100 valence electrons. The smallest absolute Gasteiger partial charge is 0.172 e. The summed E-state index contributed by atoms with van der Waals surface area (Å²) in [5, 5.41) is 10.1. The summed E-state index contributed by atoms with van der Waals surface area (Å²) in [7, 11) is 0. The van der Waals surface area contributed by atoms with E-state index in [0.29, 0.717) is 12.1 Å². The predicted molar refractivity (Wildman–Crippen MR) is 78.6 cm³/mol. The lowest BCUT2D eigenvalue weighted by molar-refractivity contribution is 0.111. The van der Waals surface area contributed by atoms with E-state index in [0.717, 1.165) is 23.2 Å². The molecule has 0 spiro atoms. The molecule has 0 fully saturated rings. The third-order valence-corrected chi connectivity index (χ3v) is 4.05. The SMILES string of the molecule is Cc1ccccc1-n1nnc(C=O)c1Cc1cccs1. The summed E-state index contributed by atoms with van der Waals surface area (Å²) < 4.78 is 1.76. The first kappa shape index (κ1) is 12.7. The fourth-order valence-electron chi connectivity index (χ4n) is 2.14. The number of para-hydroxylation sites is 1. The first-order chi connectivity index (χ1) is 9.79. The van der Waals surface area contributed by atoms with E-state index < -0.39 is 0 Å². The molecule has 0 N–H and O–H groups in total. The Morgan fingerprint density at radius 3 is 2.80 bits per heavy atom. The number of carbonyl (C=O) groups is 1. The van der Waals surface area contributed by atoms with Crippen molar-refractivity contribution in [1.29, 1.82) is 0 Å². The molecule has 0 aliphatic carbocycles. The molecule has 0 unspecified atom stereocenters. The molecule has 3 aromatic rings. The molecule has 0 saturated carbocycles. The monoisotopic (exact) mass is 283 g/mol. The van der Waals surface area contributed by atoms with Crippen molar-refractivity contribution in [3.8, 4) is 5.69 Å². The van der Waals surface area contributed by atoms with E-state index in [1.807, 2.05) is 42.6 Å². The number of nitrogens with zero attached hydrogens (tertiary/aromatic N) is 3. The second-order valence-electron chi connectivity index (χ2n) is 4.49. The van der Waals surface area contributed by atoms with Crippen LogP contribution in [0.2, 0.25) is 0 Å². The van der Waals surface area contributed by atoms with Crippen molar-refractivity contribution < 1.29 is 4.79 Å². The molecule has 0 saturated heterocycles. The van der Waals surface area contributed by atoms with Crippen molar-refractivity contribution >= 4 is 17.6 Å². The van der Waals surface area contributed by atoms with Crippen LogP contribution >= 0.6 is 11.3 Å². The van der Waals surface area contributed by atoms with Gasteiger partial charge in [0, 0.05) is 11.3 Å². The molecule has 2 heterocycles. The summed E-state index contributed by atoms with van der Waals surface area (Å²) in [5.74, 6) is 0. The molecule has 1 aromatic carbocycles. The van der Waals surface area contributed by atoms with Gasteiger partial charge >= 0.3 is 0 Å². The second kappa shape index (κ2) is 5.38. The van der Waals surface area contributed by atoms with Gasteiger partial charge in [0.1, 0.15) is 5.69 Å². The fourth-order valence-corrected chi connectivity index (χ4v) is 2.85. The Kier molecular flexibility index (Phi) is 3.43. The highest BCUT2D eigenvalue weighted by atomic mass is 32.1. The molecule has 0 aliphatic heterocycles. The van der Waals surface area contributed by atoms with Crippen LogP contribution in [0.15, 0.2) is 41.8 Å². The zero-order chi connectivity index (χ0) is 13.9.